The van der Waals surface area contributed by atoms with Gasteiger partial charge in [-0.3, -0.25) is 4.79 Å². The summed E-state index contributed by atoms with van der Waals surface area (Å²) < 4.78 is 28.0. The molecular weight excluding hydrogens is 400 g/mol. The van der Waals surface area contributed by atoms with E-state index in [-0.39, 0.29) is 11.9 Å². The number of hydrogen-bond donors (Lipinski definition) is 1. The smallest absolute Gasteiger partial charge is 0.253 e. The van der Waals surface area contributed by atoms with E-state index in [1.165, 1.54) is 22.1 Å². The third-order valence-electron chi connectivity index (χ3n) is 4.57. The summed E-state index contributed by atoms with van der Waals surface area (Å²) >= 11 is 4.49. The lowest BCUT2D eigenvalue weighted by atomic mass is 9.95. The average molecular weight is 421 g/mol. The molecule has 1 aromatic rings. The topological polar surface area (TPSA) is 66.5 Å². The predicted molar refractivity (Wildman–Crippen MR) is 93.9 cm³/mol. The number of hydrogen-bond acceptors (Lipinski definition) is 4. The number of carbonyl (C=O) groups excluding carboxylic acids is 1. The highest BCUT2D eigenvalue weighted by molar-refractivity contribution is 9.11. The molecule has 1 amide bonds. The molecular formula is C15H21BrN2O3S2. The molecule has 128 valence electrons. The summed E-state index contributed by atoms with van der Waals surface area (Å²) in [5, 5.41) is 3.07. The van der Waals surface area contributed by atoms with Gasteiger partial charge in [0.25, 0.3) is 10.0 Å². The molecule has 1 unspecified atom stereocenters. The summed E-state index contributed by atoms with van der Waals surface area (Å²) in [6.07, 6.45) is 6.84. The van der Waals surface area contributed by atoms with Crippen molar-refractivity contribution in [2.24, 2.45) is 0 Å². The quantitative estimate of drug-likeness (QED) is 0.813. The molecule has 1 aliphatic heterocycles. The zero-order chi connectivity index (χ0) is 16.4. The fourth-order valence-electron chi connectivity index (χ4n) is 3.39. The Morgan fingerprint density at radius 3 is 2.57 bits per heavy atom. The van der Waals surface area contributed by atoms with E-state index >= 15 is 0 Å². The van der Waals surface area contributed by atoms with Crippen LogP contribution in [0.4, 0.5) is 0 Å². The molecule has 5 nitrogen and oxygen atoms in total. The van der Waals surface area contributed by atoms with E-state index in [1.54, 1.807) is 12.1 Å². The van der Waals surface area contributed by atoms with Gasteiger partial charge in [0, 0.05) is 12.6 Å². The van der Waals surface area contributed by atoms with E-state index in [0.717, 1.165) is 35.9 Å². The van der Waals surface area contributed by atoms with Crippen molar-refractivity contribution in [1.29, 1.82) is 0 Å². The van der Waals surface area contributed by atoms with Crippen molar-refractivity contribution in [1.82, 2.24) is 9.62 Å². The van der Waals surface area contributed by atoms with E-state index in [1.807, 2.05) is 0 Å². The molecule has 0 bridgehead atoms. The standard InChI is InChI=1S/C15H21BrN2O3S2/c16-13-8-9-14(22-13)23(20,21)18-10-4-7-12(18)15(19)17-11-5-2-1-3-6-11/h8-9,11-12H,1-7,10H2,(H,17,19). The summed E-state index contributed by atoms with van der Waals surface area (Å²) in [4.78, 5) is 12.6. The molecule has 3 rings (SSSR count). The van der Waals surface area contributed by atoms with Crippen LogP contribution in [0.3, 0.4) is 0 Å². The second-order valence-corrected chi connectivity index (χ2v) is 10.8. The molecule has 23 heavy (non-hydrogen) atoms. The van der Waals surface area contributed by atoms with Crippen molar-refractivity contribution < 1.29 is 13.2 Å². The SMILES string of the molecule is O=C(NC1CCCCC1)C1CCCN1S(=O)(=O)c1ccc(Br)s1. The Morgan fingerprint density at radius 2 is 1.91 bits per heavy atom. The Balaban J connectivity index is 1.73. The Bertz CT molecular complexity index is 668. The largest absolute Gasteiger partial charge is 0.352 e. The average Bonchev–Trinajstić information content (AvgIpc) is 3.17. The second-order valence-electron chi connectivity index (χ2n) is 6.18. The molecule has 0 spiro atoms. The van der Waals surface area contributed by atoms with Crippen molar-refractivity contribution in [3.05, 3.63) is 15.9 Å². The maximum atomic E-state index is 12.8. The number of nitrogens with one attached hydrogen (secondary N) is 1. The molecule has 0 aromatic carbocycles. The number of sulfonamides is 1. The number of rotatable bonds is 4. The molecule has 1 saturated heterocycles. The van der Waals surface area contributed by atoms with Crippen LogP contribution >= 0.6 is 27.3 Å². The molecule has 0 radical (unpaired) electrons. The Hall–Kier alpha value is -0.440. The number of nitrogens with zero attached hydrogens (tertiary/aromatic N) is 1. The minimum atomic E-state index is -3.59. The molecule has 8 heteroatoms. The molecule has 1 aromatic heterocycles. The lowest BCUT2D eigenvalue weighted by molar-refractivity contribution is -0.125. The van der Waals surface area contributed by atoms with Gasteiger partial charge in [-0.2, -0.15) is 4.31 Å². The Kier molecular flexibility index (Phi) is 5.45. The van der Waals surface area contributed by atoms with E-state index in [9.17, 15) is 13.2 Å². The van der Waals surface area contributed by atoms with Gasteiger partial charge in [0.15, 0.2) is 0 Å². The highest BCUT2D eigenvalue weighted by atomic mass is 79.9. The van der Waals surface area contributed by atoms with Crippen LogP contribution in [0, 0.1) is 0 Å². The minimum Gasteiger partial charge on any atom is -0.352 e. The van der Waals surface area contributed by atoms with Gasteiger partial charge in [0.2, 0.25) is 5.91 Å². The number of carbonyl (C=O) groups is 1. The zero-order valence-corrected chi connectivity index (χ0v) is 16.1. The van der Waals surface area contributed by atoms with Gasteiger partial charge in [0.1, 0.15) is 10.3 Å². The molecule has 1 atom stereocenters. The van der Waals surface area contributed by atoms with Crippen LogP contribution in [0.5, 0.6) is 0 Å². The second kappa shape index (κ2) is 7.21. The molecule has 1 aliphatic carbocycles. The van der Waals surface area contributed by atoms with E-state index in [2.05, 4.69) is 21.2 Å². The van der Waals surface area contributed by atoms with Gasteiger partial charge < -0.3 is 5.32 Å². The monoisotopic (exact) mass is 420 g/mol. The molecule has 2 fully saturated rings. The molecule has 2 heterocycles. The van der Waals surface area contributed by atoms with Crippen LogP contribution in [0.1, 0.15) is 44.9 Å². The molecule has 1 saturated carbocycles. The minimum absolute atomic E-state index is 0.131. The van der Waals surface area contributed by atoms with Gasteiger partial charge in [-0.15, -0.1) is 11.3 Å². The van der Waals surface area contributed by atoms with Gasteiger partial charge >= 0.3 is 0 Å². The summed E-state index contributed by atoms with van der Waals surface area (Å²) in [5.74, 6) is -0.131. The van der Waals surface area contributed by atoms with E-state index < -0.39 is 16.1 Å². The van der Waals surface area contributed by atoms with Gasteiger partial charge in [-0.05, 0) is 53.7 Å². The summed E-state index contributed by atoms with van der Waals surface area (Å²) in [6.45, 7) is 0.417. The third-order valence-corrected chi connectivity index (χ3v) is 8.57. The van der Waals surface area contributed by atoms with Crippen LogP contribution in [0.25, 0.3) is 0 Å². The normalized spacial score (nSPS) is 24.0. The first-order valence-corrected chi connectivity index (χ1v) is 11.1. The van der Waals surface area contributed by atoms with Crippen molar-refractivity contribution in [2.75, 3.05) is 6.54 Å². The lowest BCUT2D eigenvalue weighted by Gasteiger charge is -2.27. The van der Waals surface area contributed by atoms with Crippen LogP contribution < -0.4 is 5.32 Å². The predicted octanol–water partition coefficient (Wildman–Crippen LogP) is 3.11. The Labute approximate surface area is 149 Å². The van der Waals surface area contributed by atoms with Gasteiger partial charge in [-0.25, -0.2) is 8.42 Å². The maximum absolute atomic E-state index is 12.8. The van der Waals surface area contributed by atoms with Gasteiger partial charge in [0.05, 0.1) is 3.79 Å². The number of thiophene rings is 1. The fourth-order valence-corrected chi connectivity index (χ4v) is 7.18. The zero-order valence-electron chi connectivity index (χ0n) is 12.8. The van der Waals surface area contributed by atoms with E-state index in [4.69, 9.17) is 0 Å². The first kappa shape index (κ1) is 17.4. The first-order chi connectivity index (χ1) is 11.0. The number of halogens is 1. The molecule has 1 N–H and O–H groups in total. The van der Waals surface area contributed by atoms with E-state index in [0.29, 0.717) is 17.2 Å². The van der Waals surface area contributed by atoms with Crippen molar-refractivity contribution in [3.8, 4) is 0 Å². The van der Waals surface area contributed by atoms with Crippen LogP contribution in [-0.4, -0.2) is 37.3 Å². The van der Waals surface area contributed by atoms with Crippen molar-refractivity contribution in [3.63, 3.8) is 0 Å². The fraction of sp³-hybridized carbons (Fsp3) is 0.667. The van der Waals surface area contributed by atoms with Crippen LogP contribution in [0.2, 0.25) is 0 Å². The van der Waals surface area contributed by atoms with Crippen LogP contribution in [-0.2, 0) is 14.8 Å². The highest BCUT2D eigenvalue weighted by Crippen LogP contribution is 2.32. The summed E-state index contributed by atoms with van der Waals surface area (Å²) in [6, 6.07) is 2.96. The van der Waals surface area contributed by atoms with Crippen molar-refractivity contribution >= 4 is 43.2 Å². The number of amides is 1. The molecule has 2 aliphatic rings. The van der Waals surface area contributed by atoms with Crippen LogP contribution in [0.15, 0.2) is 20.1 Å². The summed E-state index contributed by atoms with van der Waals surface area (Å²) in [5.41, 5.74) is 0. The first-order valence-electron chi connectivity index (χ1n) is 8.06. The van der Waals surface area contributed by atoms with Crippen molar-refractivity contribution in [2.45, 2.75) is 61.2 Å². The van der Waals surface area contributed by atoms with Gasteiger partial charge in [-0.1, -0.05) is 19.3 Å². The summed E-state index contributed by atoms with van der Waals surface area (Å²) in [7, 11) is -3.59. The maximum Gasteiger partial charge on any atom is 0.253 e. The Morgan fingerprint density at radius 1 is 1.17 bits per heavy atom. The highest BCUT2D eigenvalue weighted by Gasteiger charge is 2.40. The third kappa shape index (κ3) is 3.81. The lowest BCUT2D eigenvalue weighted by Crippen LogP contribution is -2.49.